The molecule has 1 aliphatic heterocycles. The van der Waals surface area contributed by atoms with Gasteiger partial charge in [0.2, 0.25) is 11.8 Å². The number of imide groups is 1. The molecule has 0 bridgehead atoms. The van der Waals surface area contributed by atoms with Crippen molar-refractivity contribution in [2.45, 2.75) is 24.7 Å². The van der Waals surface area contributed by atoms with Crippen molar-refractivity contribution in [3.8, 4) is 0 Å². The second-order valence-corrected chi connectivity index (χ2v) is 8.45. The molecule has 3 aromatic rings. The van der Waals surface area contributed by atoms with Gasteiger partial charge in [-0.2, -0.15) is 0 Å². The highest BCUT2D eigenvalue weighted by Gasteiger charge is 2.56. The lowest BCUT2D eigenvalue weighted by Gasteiger charge is -2.37. The standard InChI is InChI=1S/C26H22N2O4/c29-25-23-21(17-7-3-1-4-8-17)15-16-22(18-9-5-2-6-10-18)24(23)26(30)27(25)19-11-13-20(14-12-19)28(31)32/h1-14,21-24H,15-16H2. The van der Waals surface area contributed by atoms with Crippen molar-refractivity contribution >= 4 is 23.2 Å². The summed E-state index contributed by atoms with van der Waals surface area (Å²) in [6.07, 6.45) is 1.63. The number of carbonyl (C=O) groups is 2. The number of non-ortho nitro benzene ring substituents is 1. The average molecular weight is 426 g/mol. The normalized spacial score (nSPS) is 24.9. The molecule has 1 aliphatic carbocycles. The summed E-state index contributed by atoms with van der Waals surface area (Å²) in [6.45, 7) is 0. The van der Waals surface area contributed by atoms with Crippen LogP contribution in [0.5, 0.6) is 0 Å². The molecule has 0 radical (unpaired) electrons. The van der Waals surface area contributed by atoms with Gasteiger partial charge in [0.25, 0.3) is 5.69 Å². The maximum absolute atomic E-state index is 13.7. The van der Waals surface area contributed by atoms with E-state index in [1.54, 1.807) is 0 Å². The van der Waals surface area contributed by atoms with Gasteiger partial charge in [0.1, 0.15) is 0 Å². The Bertz CT molecular complexity index is 1100. The van der Waals surface area contributed by atoms with E-state index in [9.17, 15) is 19.7 Å². The van der Waals surface area contributed by atoms with Crippen molar-refractivity contribution in [3.63, 3.8) is 0 Å². The fourth-order valence-electron chi connectivity index (χ4n) is 5.40. The van der Waals surface area contributed by atoms with E-state index in [2.05, 4.69) is 0 Å². The molecule has 0 aromatic heterocycles. The smallest absolute Gasteiger partial charge is 0.269 e. The minimum Gasteiger partial charge on any atom is -0.274 e. The fraction of sp³-hybridized carbons (Fsp3) is 0.231. The third-order valence-corrected chi connectivity index (χ3v) is 6.83. The zero-order chi connectivity index (χ0) is 22.2. The second-order valence-electron chi connectivity index (χ2n) is 8.45. The number of nitro benzene ring substituents is 1. The Labute approximate surface area is 185 Å². The monoisotopic (exact) mass is 426 g/mol. The summed E-state index contributed by atoms with van der Waals surface area (Å²) in [7, 11) is 0. The molecule has 2 aliphatic rings. The third kappa shape index (κ3) is 3.28. The van der Waals surface area contributed by atoms with Gasteiger partial charge in [-0.15, -0.1) is 0 Å². The van der Waals surface area contributed by atoms with Crippen molar-refractivity contribution in [3.05, 3.63) is 106 Å². The Morgan fingerprint density at radius 2 is 1.12 bits per heavy atom. The molecule has 1 saturated heterocycles. The number of carbonyl (C=O) groups excluding carboxylic acids is 2. The fourth-order valence-corrected chi connectivity index (χ4v) is 5.40. The largest absolute Gasteiger partial charge is 0.274 e. The first-order valence-electron chi connectivity index (χ1n) is 10.8. The SMILES string of the molecule is O=C1C2C(c3ccccc3)CCC(c3ccccc3)C2C(=O)N1c1ccc([N+](=O)[O-])cc1. The van der Waals surface area contributed by atoms with Crippen LogP contribution in [-0.4, -0.2) is 16.7 Å². The third-order valence-electron chi connectivity index (χ3n) is 6.83. The summed E-state index contributed by atoms with van der Waals surface area (Å²) in [4.78, 5) is 39.2. The van der Waals surface area contributed by atoms with Crippen LogP contribution in [0, 0.1) is 22.0 Å². The molecule has 5 rings (SSSR count). The van der Waals surface area contributed by atoms with Crippen LogP contribution in [0.25, 0.3) is 0 Å². The lowest BCUT2D eigenvalue weighted by Crippen LogP contribution is -2.34. The van der Waals surface area contributed by atoms with Gasteiger partial charge in [-0.25, -0.2) is 0 Å². The molecule has 4 unspecified atom stereocenters. The highest BCUT2D eigenvalue weighted by Crippen LogP contribution is 2.53. The molecular formula is C26H22N2O4. The Kier molecular flexibility index (Phi) is 5.05. The molecule has 2 amide bonds. The van der Waals surface area contributed by atoms with E-state index < -0.39 is 16.8 Å². The van der Waals surface area contributed by atoms with Gasteiger partial charge in [-0.3, -0.25) is 24.6 Å². The van der Waals surface area contributed by atoms with E-state index >= 15 is 0 Å². The lowest BCUT2D eigenvalue weighted by atomic mass is 9.64. The van der Waals surface area contributed by atoms with Crippen LogP contribution in [-0.2, 0) is 9.59 Å². The van der Waals surface area contributed by atoms with Gasteiger partial charge < -0.3 is 0 Å². The Hall–Kier alpha value is -3.80. The van der Waals surface area contributed by atoms with Gasteiger partial charge in [0, 0.05) is 12.1 Å². The van der Waals surface area contributed by atoms with Crippen LogP contribution in [0.15, 0.2) is 84.9 Å². The predicted octanol–water partition coefficient (Wildman–Crippen LogP) is 5.06. The number of nitro groups is 1. The molecule has 32 heavy (non-hydrogen) atoms. The molecular weight excluding hydrogens is 404 g/mol. The van der Waals surface area contributed by atoms with E-state index in [1.807, 2.05) is 60.7 Å². The Morgan fingerprint density at radius 3 is 1.53 bits per heavy atom. The molecule has 3 aromatic carbocycles. The quantitative estimate of drug-likeness (QED) is 0.332. The molecule has 1 heterocycles. The van der Waals surface area contributed by atoms with Crippen LogP contribution < -0.4 is 4.90 Å². The maximum Gasteiger partial charge on any atom is 0.269 e. The number of nitrogens with zero attached hydrogens (tertiary/aromatic N) is 2. The number of anilines is 1. The maximum atomic E-state index is 13.7. The van der Waals surface area contributed by atoms with Crippen molar-refractivity contribution in [1.82, 2.24) is 0 Å². The zero-order valence-corrected chi connectivity index (χ0v) is 17.3. The summed E-state index contributed by atoms with van der Waals surface area (Å²) < 4.78 is 0. The van der Waals surface area contributed by atoms with Crippen molar-refractivity contribution in [1.29, 1.82) is 0 Å². The number of hydrogen-bond donors (Lipinski definition) is 0. The molecule has 2 fully saturated rings. The van der Waals surface area contributed by atoms with Crippen LogP contribution in [0.3, 0.4) is 0 Å². The molecule has 6 heteroatoms. The number of hydrogen-bond acceptors (Lipinski definition) is 4. The van der Waals surface area contributed by atoms with Gasteiger partial charge >= 0.3 is 0 Å². The van der Waals surface area contributed by atoms with Gasteiger partial charge in [0.05, 0.1) is 22.4 Å². The number of amides is 2. The summed E-state index contributed by atoms with van der Waals surface area (Å²) in [5.74, 6) is -1.44. The van der Waals surface area contributed by atoms with Crippen molar-refractivity contribution < 1.29 is 14.5 Å². The molecule has 6 nitrogen and oxygen atoms in total. The molecule has 1 saturated carbocycles. The van der Waals surface area contributed by atoms with E-state index in [1.165, 1.54) is 29.2 Å². The number of rotatable bonds is 4. The highest BCUT2D eigenvalue weighted by atomic mass is 16.6. The minimum absolute atomic E-state index is 0.0411. The topological polar surface area (TPSA) is 80.5 Å². The van der Waals surface area contributed by atoms with E-state index in [4.69, 9.17) is 0 Å². The number of fused-ring (bicyclic) bond motifs is 1. The van der Waals surface area contributed by atoms with Crippen LogP contribution in [0.2, 0.25) is 0 Å². The molecule has 160 valence electrons. The number of benzene rings is 3. The summed E-state index contributed by atoms with van der Waals surface area (Å²) in [5, 5.41) is 11.0. The Morgan fingerprint density at radius 1 is 0.688 bits per heavy atom. The van der Waals surface area contributed by atoms with Crippen LogP contribution in [0.1, 0.15) is 35.8 Å². The lowest BCUT2D eigenvalue weighted by molar-refractivity contribution is -0.384. The highest BCUT2D eigenvalue weighted by molar-refractivity contribution is 6.22. The molecule has 0 N–H and O–H groups in total. The van der Waals surface area contributed by atoms with Crippen LogP contribution in [0.4, 0.5) is 11.4 Å². The summed E-state index contributed by atoms with van der Waals surface area (Å²) in [6, 6.07) is 25.5. The predicted molar refractivity (Wildman–Crippen MR) is 120 cm³/mol. The van der Waals surface area contributed by atoms with E-state index in [0.29, 0.717) is 5.69 Å². The average Bonchev–Trinajstić information content (AvgIpc) is 3.10. The molecule has 0 spiro atoms. The first-order chi connectivity index (χ1) is 15.6. The first kappa shape index (κ1) is 20.1. The molecule has 4 atom stereocenters. The van der Waals surface area contributed by atoms with E-state index in [-0.39, 0.29) is 29.3 Å². The van der Waals surface area contributed by atoms with Gasteiger partial charge in [-0.1, -0.05) is 60.7 Å². The zero-order valence-electron chi connectivity index (χ0n) is 17.3. The van der Waals surface area contributed by atoms with Crippen LogP contribution >= 0.6 is 0 Å². The first-order valence-corrected chi connectivity index (χ1v) is 10.8. The summed E-state index contributed by atoms with van der Waals surface area (Å²) in [5.41, 5.74) is 2.45. The van der Waals surface area contributed by atoms with Crippen molar-refractivity contribution in [2.24, 2.45) is 11.8 Å². The Balaban J connectivity index is 1.57. The van der Waals surface area contributed by atoms with E-state index in [0.717, 1.165) is 24.0 Å². The van der Waals surface area contributed by atoms with Crippen molar-refractivity contribution in [2.75, 3.05) is 4.90 Å². The summed E-state index contributed by atoms with van der Waals surface area (Å²) >= 11 is 0. The second kappa shape index (κ2) is 8.04. The van der Waals surface area contributed by atoms with Gasteiger partial charge in [0.15, 0.2) is 0 Å². The minimum atomic E-state index is -0.492. The van der Waals surface area contributed by atoms with Gasteiger partial charge in [-0.05, 0) is 47.9 Å².